The highest BCUT2D eigenvalue weighted by Gasteiger charge is 2.30. The van der Waals surface area contributed by atoms with Gasteiger partial charge in [-0.2, -0.15) is 0 Å². The van der Waals surface area contributed by atoms with Gasteiger partial charge in [-0.05, 0) is 38.1 Å². The zero-order valence-corrected chi connectivity index (χ0v) is 11.0. The van der Waals surface area contributed by atoms with Crippen LogP contribution in [-0.4, -0.2) is 49.7 Å². The third kappa shape index (κ3) is 3.19. The summed E-state index contributed by atoms with van der Waals surface area (Å²) >= 11 is 0. The van der Waals surface area contributed by atoms with Crippen LogP contribution in [0.2, 0.25) is 0 Å². The van der Waals surface area contributed by atoms with Gasteiger partial charge in [0.2, 0.25) is 5.91 Å². The Kier molecular flexibility index (Phi) is 4.40. The monoisotopic (exact) mass is 240 g/mol. The molecule has 1 unspecified atom stereocenters. The summed E-state index contributed by atoms with van der Waals surface area (Å²) < 4.78 is 0. The van der Waals surface area contributed by atoms with Crippen molar-refractivity contribution in [2.45, 2.75) is 32.1 Å². The quantitative estimate of drug-likeness (QED) is 0.698. The van der Waals surface area contributed by atoms with Crippen LogP contribution in [-0.2, 0) is 9.63 Å². The van der Waals surface area contributed by atoms with E-state index in [-0.39, 0.29) is 11.8 Å². The van der Waals surface area contributed by atoms with Gasteiger partial charge in [-0.3, -0.25) is 9.63 Å². The third-order valence-electron chi connectivity index (χ3n) is 4.18. The molecular weight excluding hydrogens is 216 g/mol. The topological polar surface area (TPSA) is 32.8 Å². The molecule has 0 bridgehead atoms. The van der Waals surface area contributed by atoms with Gasteiger partial charge in [0.1, 0.15) is 0 Å². The normalized spacial score (nSPS) is 26.6. The molecule has 0 aromatic rings. The van der Waals surface area contributed by atoms with Crippen molar-refractivity contribution in [1.29, 1.82) is 0 Å². The predicted octanol–water partition coefficient (Wildman–Crippen LogP) is 1.52. The van der Waals surface area contributed by atoms with E-state index in [2.05, 4.69) is 4.90 Å². The first-order valence-corrected chi connectivity index (χ1v) is 6.74. The molecule has 1 heterocycles. The second-order valence-corrected chi connectivity index (χ2v) is 5.41. The van der Waals surface area contributed by atoms with Crippen molar-refractivity contribution >= 4 is 5.91 Å². The minimum atomic E-state index is 0.130. The summed E-state index contributed by atoms with van der Waals surface area (Å²) in [5, 5.41) is 1.37. The van der Waals surface area contributed by atoms with Gasteiger partial charge in [0.15, 0.2) is 0 Å². The summed E-state index contributed by atoms with van der Waals surface area (Å²) in [6.45, 7) is 3.28. The summed E-state index contributed by atoms with van der Waals surface area (Å²) in [6, 6.07) is 0. The molecule has 0 aromatic carbocycles. The Morgan fingerprint density at radius 3 is 2.71 bits per heavy atom. The van der Waals surface area contributed by atoms with Crippen LogP contribution in [0.4, 0.5) is 0 Å². The smallest absolute Gasteiger partial charge is 0.250 e. The Balaban J connectivity index is 1.81. The standard InChI is InChI=1S/C13H24N2O2/c1-14(17-2)13(16)12-7-4-8-15(10-12)9-11-5-3-6-11/h11-12H,3-10H2,1-2H3. The van der Waals surface area contributed by atoms with Crippen molar-refractivity contribution in [1.82, 2.24) is 9.96 Å². The van der Waals surface area contributed by atoms with Gasteiger partial charge in [-0.25, -0.2) is 5.06 Å². The molecule has 98 valence electrons. The number of likely N-dealkylation sites (tertiary alicyclic amines) is 1. The molecule has 1 aliphatic heterocycles. The number of carbonyl (C=O) groups is 1. The van der Waals surface area contributed by atoms with E-state index >= 15 is 0 Å². The average molecular weight is 240 g/mol. The number of hydrogen-bond donors (Lipinski definition) is 0. The molecule has 0 radical (unpaired) electrons. The van der Waals surface area contributed by atoms with Crippen LogP contribution in [0.15, 0.2) is 0 Å². The van der Waals surface area contributed by atoms with Crippen LogP contribution < -0.4 is 0 Å². The van der Waals surface area contributed by atoms with E-state index in [1.165, 1.54) is 30.9 Å². The Morgan fingerprint density at radius 2 is 2.12 bits per heavy atom. The van der Waals surface area contributed by atoms with Crippen LogP contribution in [0.3, 0.4) is 0 Å². The molecule has 1 saturated heterocycles. The van der Waals surface area contributed by atoms with E-state index in [1.807, 2.05) is 0 Å². The lowest BCUT2D eigenvalue weighted by atomic mass is 9.84. The van der Waals surface area contributed by atoms with E-state index in [0.717, 1.165) is 31.8 Å². The maximum absolute atomic E-state index is 12.0. The largest absolute Gasteiger partial charge is 0.302 e. The molecule has 2 aliphatic rings. The zero-order chi connectivity index (χ0) is 12.3. The van der Waals surface area contributed by atoms with Gasteiger partial charge in [0.05, 0.1) is 13.0 Å². The van der Waals surface area contributed by atoms with E-state index in [4.69, 9.17) is 4.84 Å². The van der Waals surface area contributed by atoms with Crippen LogP contribution >= 0.6 is 0 Å². The number of carbonyl (C=O) groups excluding carboxylic acids is 1. The molecule has 4 heteroatoms. The third-order valence-corrected chi connectivity index (χ3v) is 4.18. The van der Waals surface area contributed by atoms with Gasteiger partial charge in [0.25, 0.3) is 0 Å². The number of hydroxylamine groups is 2. The van der Waals surface area contributed by atoms with E-state index < -0.39 is 0 Å². The fourth-order valence-corrected chi connectivity index (χ4v) is 2.81. The van der Waals surface area contributed by atoms with Crippen molar-refractivity contribution in [2.24, 2.45) is 11.8 Å². The zero-order valence-electron chi connectivity index (χ0n) is 11.0. The SMILES string of the molecule is CON(C)C(=O)C1CCCN(CC2CCC2)C1. The number of piperidine rings is 1. The number of nitrogens with zero attached hydrogens (tertiary/aromatic N) is 2. The Labute approximate surface area is 104 Å². The first-order chi connectivity index (χ1) is 8.20. The minimum Gasteiger partial charge on any atom is -0.302 e. The lowest BCUT2D eigenvalue weighted by Crippen LogP contribution is -2.45. The number of rotatable bonds is 4. The fourth-order valence-electron chi connectivity index (χ4n) is 2.81. The molecule has 1 amide bonds. The molecule has 0 aromatic heterocycles. The molecule has 0 N–H and O–H groups in total. The Hall–Kier alpha value is -0.610. The highest BCUT2D eigenvalue weighted by Crippen LogP contribution is 2.29. The van der Waals surface area contributed by atoms with Crippen molar-refractivity contribution in [2.75, 3.05) is 33.8 Å². The lowest BCUT2D eigenvalue weighted by Gasteiger charge is -2.37. The van der Waals surface area contributed by atoms with E-state index in [9.17, 15) is 4.79 Å². The van der Waals surface area contributed by atoms with Gasteiger partial charge in [-0.15, -0.1) is 0 Å². The van der Waals surface area contributed by atoms with Crippen LogP contribution in [0.25, 0.3) is 0 Å². The van der Waals surface area contributed by atoms with Crippen LogP contribution in [0.5, 0.6) is 0 Å². The van der Waals surface area contributed by atoms with Gasteiger partial charge in [0, 0.05) is 20.1 Å². The Morgan fingerprint density at radius 1 is 1.35 bits per heavy atom. The molecule has 2 fully saturated rings. The Bertz CT molecular complexity index is 266. The summed E-state index contributed by atoms with van der Waals surface area (Å²) in [5.41, 5.74) is 0. The van der Waals surface area contributed by atoms with Gasteiger partial charge in [-0.1, -0.05) is 6.42 Å². The molecule has 2 rings (SSSR count). The summed E-state index contributed by atoms with van der Waals surface area (Å²) in [5.74, 6) is 1.16. The maximum Gasteiger partial charge on any atom is 0.250 e. The molecule has 1 aliphatic carbocycles. The van der Waals surface area contributed by atoms with Crippen molar-refractivity contribution in [3.8, 4) is 0 Å². The second-order valence-electron chi connectivity index (χ2n) is 5.41. The predicted molar refractivity (Wildman–Crippen MR) is 66.3 cm³/mol. The molecule has 4 nitrogen and oxygen atoms in total. The average Bonchev–Trinajstić information content (AvgIpc) is 2.32. The molecule has 17 heavy (non-hydrogen) atoms. The van der Waals surface area contributed by atoms with Crippen molar-refractivity contribution in [3.05, 3.63) is 0 Å². The summed E-state index contributed by atoms with van der Waals surface area (Å²) in [4.78, 5) is 19.5. The summed E-state index contributed by atoms with van der Waals surface area (Å²) in [7, 11) is 3.25. The van der Waals surface area contributed by atoms with Crippen LogP contribution in [0, 0.1) is 11.8 Å². The van der Waals surface area contributed by atoms with E-state index in [0.29, 0.717) is 0 Å². The van der Waals surface area contributed by atoms with Gasteiger partial charge < -0.3 is 4.90 Å². The molecule has 0 spiro atoms. The highest BCUT2D eigenvalue weighted by molar-refractivity contribution is 5.77. The fraction of sp³-hybridized carbons (Fsp3) is 0.923. The van der Waals surface area contributed by atoms with Gasteiger partial charge >= 0.3 is 0 Å². The van der Waals surface area contributed by atoms with Crippen molar-refractivity contribution in [3.63, 3.8) is 0 Å². The molecular formula is C13H24N2O2. The first kappa shape index (κ1) is 12.8. The maximum atomic E-state index is 12.0. The number of amides is 1. The highest BCUT2D eigenvalue weighted by atomic mass is 16.7. The van der Waals surface area contributed by atoms with Crippen LogP contribution in [0.1, 0.15) is 32.1 Å². The van der Waals surface area contributed by atoms with Crippen molar-refractivity contribution < 1.29 is 9.63 Å². The van der Waals surface area contributed by atoms with E-state index in [1.54, 1.807) is 14.2 Å². The number of hydrogen-bond acceptors (Lipinski definition) is 3. The first-order valence-electron chi connectivity index (χ1n) is 6.74. The lowest BCUT2D eigenvalue weighted by molar-refractivity contribution is -0.175. The summed E-state index contributed by atoms with van der Waals surface area (Å²) in [6.07, 6.45) is 6.31. The second kappa shape index (κ2) is 5.83. The minimum absolute atomic E-state index is 0.130. The molecule has 1 saturated carbocycles. The molecule has 1 atom stereocenters.